The zero-order valence-corrected chi connectivity index (χ0v) is 10.2. The van der Waals surface area contributed by atoms with Crippen molar-refractivity contribution in [2.24, 2.45) is 0 Å². The molecule has 0 aliphatic carbocycles. The van der Waals surface area contributed by atoms with E-state index in [0.717, 1.165) is 32.0 Å². The van der Waals surface area contributed by atoms with Crippen molar-refractivity contribution >= 4 is 5.69 Å². The smallest absolute Gasteiger partial charge is 0.381 e. The van der Waals surface area contributed by atoms with Crippen LogP contribution < -0.4 is 5.32 Å². The maximum Gasteiger partial charge on any atom is 0.433 e. The van der Waals surface area contributed by atoms with E-state index >= 15 is 0 Å². The SMILES string of the molecule is CN1CCC(Nc2ccc(C(F)(F)F)nc2)CC1. The van der Waals surface area contributed by atoms with Gasteiger partial charge in [0, 0.05) is 6.04 Å². The van der Waals surface area contributed by atoms with Crippen molar-refractivity contribution in [1.29, 1.82) is 0 Å². The minimum absolute atomic E-state index is 0.319. The van der Waals surface area contributed by atoms with Gasteiger partial charge < -0.3 is 10.2 Å². The summed E-state index contributed by atoms with van der Waals surface area (Å²) in [4.78, 5) is 5.67. The molecule has 0 bridgehead atoms. The lowest BCUT2D eigenvalue weighted by molar-refractivity contribution is -0.141. The second-order valence-corrected chi connectivity index (χ2v) is 4.65. The van der Waals surface area contributed by atoms with Gasteiger partial charge in [-0.3, -0.25) is 0 Å². The quantitative estimate of drug-likeness (QED) is 0.885. The summed E-state index contributed by atoms with van der Waals surface area (Å²) in [6, 6.07) is 2.77. The molecule has 1 fully saturated rings. The van der Waals surface area contributed by atoms with Gasteiger partial charge in [0.25, 0.3) is 0 Å². The van der Waals surface area contributed by atoms with Crippen LogP contribution in [-0.2, 0) is 6.18 Å². The highest BCUT2D eigenvalue weighted by molar-refractivity contribution is 5.42. The van der Waals surface area contributed by atoms with E-state index in [4.69, 9.17) is 0 Å². The summed E-state index contributed by atoms with van der Waals surface area (Å²) in [6.45, 7) is 2.01. The predicted octanol–water partition coefficient (Wildman–Crippen LogP) is 2.61. The molecule has 1 saturated heterocycles. The van der Waals surface area contributed by atoms with Gasteiger partial charge in [-0.05, 0) is 45.1 Å². The molecule has 1 aromatic rings. The molecule has 0 unspecified atom stereocenters. The average molecular weight is 259 g/mol. The Morgan fingerprint density at radius 1 is 1.28 bits per heavy atom. The second-order valence-electron chi connectivity index (χ2n) is 4.65. The largest absolute Gasteiger partial charge is 0.433 e. The Morgan fingerprint density at radius 3 is 2.44 bits per heavy atom. The Labute approximate surface area is 104 Å². The van der Waals surface area contributed by atoms with Crippen molar-refractivity contribution in [3.63, 3.8) is 0 Å². The molecule has 6 heteroatoms. The number of rotatable bonds is 2. The van der Waals surface area contributed by atoms with Gasteiger partial charge in [-0.2, -0.15) is 13.2 Å². The highest BCUT2D eigenvalue weighted by Gasteiger charge is 2.32. The molecule has 18 heavy (non-hydrogen) atoms. The molecule has 0 saturated carbocycles. The van der Waals surface area contributed by atoms with Crippen LogP contribution in [0.15, 0.2) is 18.3 Å². The molecule has 1 aliphatic rings. The van der Waals surface area contributed by atoms with Crippen LogP contribution in [0.3, 0.4) is 0 Å². The van der Waals surface area contributed by atoms with Crippen LogP contribution in [-0.4, -0.2) is 36.1 Å². The number of pyridine rings is 1. The molecule has 3 nitrogen and oxygen atoms in total. The third-order valence-corrected chi connectivity index (χ3v) is 3.14. The number of alkyl halides is 3. The number of aromatic nitrogens is 1. The fourth-order valence-corrected chi connectivity index (χ4v) is 2.04. The van der Waals surface area contributed by atoms with E-state index in [2.05, 4.69) is 22.2 Å². The molecule has 0 amide bonds. The van der Waals surface area contributed by atoms with E-state index in [1.54, 1.807) is 0 Å². The fraction of sp³-hybridized carbons (Fsp3) is 0.583. The Balaban J connectivity index is 1.94. The number of likely N-dealkylation sites (tertiary alicyclic amines) is 1. The highest BCUT2D eigenvalue weighted by atomic mass is 19.4. The fourth-order valence-electron chi connectivity index (χ4n) is 2.04. The first-order valence-electron chi connectivity index (χ1n) is 5.93. The van der Waals surface area contributed by atoms with Gasteiger partial charge in [-0.1, -0.05) is 0 Å². The first-order valence-corrected chi connectivity index (χ1v) is 5.93. The van der Waals surface area contributed by atoms with Crippen molar-refractivity contribution in [3.05, 3.63) is 24.0 Å². The summed E-state index contributed by atoms with van der Waals surface area (Å²) in [6.07, 6.45) is -1.12. The Bertz CT molecular complexity index is 381. The van der Waals surface area contributed by atoms with Gasteiger partial charge in [-0.25, -0.2) is 4.98 Å². The van der Waals surface area contributed by atoms with Gasteiger partial charge in [0.15, 0.2) is 0 Å². The first-order chi connectivity index (χ1) is 8.45. The van der Waals surface area contributed by atoms with Crippen LogP contribution in [0.25, 0.3) is 0 Å². The number of anilines is 1. The topological polar surface area (TPSA) is 28.2 Å². The minimum atomic E-state index is -4.37. The third-order valence-electron chi connectivity index (χ3n) is 3.14. The van der Waals surface area contributed by atoms with E-state index in [-0.39, 0.29) is 0 Å². The van der Waals surface area contributed by atoms with Crippen molar-refractivity contribution in [2.75, 3.05) is 25.5 Å². The molecule has 2 rings (SSSR count). The van der Waals surface area contributed by atoms with E-state index in [1.807, 2.05) is 0 Å². The van der Waals surface area contributed by atoms with Crippen molar-refractivity contribution in [1.82, 2.24) is 9.88 Å². The van der Waals surface area contributed by atoms with E-state index in [9.17, 15) is 13.2 Å². The monoisotopic (exact) mass is 259 g/mol. The zero-order valence-electron chi connectivity index (χ0n) is 10.2. The number of halogens is 3. The lowest BCUT2D eigenvalue weighted by Crippen LogP contribution is -2.36. The van der Waals surface area contributed by atoms with Gasteiger partial charge in [0.1, 0.15) is 5.69 Å². The predicted molar refractivity (Wildman–Crippen MR) is 63.4 cm³/mol. The first kappa shape index (κ1) is 13.1. The van der Waals surface area contributed by atoms with Crippen LogP contribution in [0.1, 0.15) is 18.5 Å². The molecule has 100 valence electrons. The summed E-state index contributed by atoms with van der Waals surface area (Å²) >= 11 is 0. The third kappa shape index (κ3) is 3.35. The summed E-state index contributed by atoms with van der Waals surface area (Å²) < 4.78 is 37.0. The normalized spacial score (nSPS) is 18.9. The molecule has 1 aliphatic heterocycles. The molecule has 1 aromatic heterocycles. The number of hydrogen-bond acceptors (Lipinski definition) is 3. The maximum absolute atomic E-state index is 12.3. The lowest BCUT2D eigenvalue weighted by Gasteiger charge is -2.30. The molecular weight excluding hydrogens is 243 g/mol. The van der Waals surface area contributed by atoms with Gasteiger partial charge in [0.2, 0.25) is 0 Å². The van der Waals surface area contributed by atoms with Crippen LogP contribution in [0.2, 0.25) is 0 Å². The van der Waals surface area contributed by atoms with Crippen molar-refractivity contribution in [2.45, 2.75) is 25.1 Å². The van der Waals surface area contributed by atoms with Crippen LogP contribution >= 0.6 is 0 Å². The minimum Gasteiger partial charge on any atom is -0.381 e. The highest BCUT2D eigenvalue weighted by Crippen LogP contribution is 2.28. The maximum atomic E-state index is 12.3. The molecule has 0 spiro atoms. The number of nitrogens with one attached hydrogen (secondary N) is 1. The van der Waals surface area contributed by atoms with Gasteiger partial charge in [-0.15, -0.1) is 0 Å². The molecule has 0 aromatic carbocycles. The Morgan fingerprint density at radius 2 is 1.94 bits per heavy atom. The molecular formula is C12H16F3N3. The molecule has 2 heterocycles. The number of nitrogens with zero attached hydrogens (tertiary/aromatic N) is 2. The lowest BCUT2D eigenvalue weighted by atomic mass is 10.1. The van der Waals surface area contributed by atoms with E-state index in [1.165, 1.54) is 12.3 Å². The van der Waals surface area contributed by atoms with Crippen LogP contribution in [0, 0.1) is 0 Å². The number of hydrogen-bond donors (Lipinski definition) is 1. The summed E-state index contributed by atoms with van der Waals surface area (Å²) in [7, 11) is 2.07. The van der Waals surface area contributed by atoms with E-state index in [0.29, 0.717) is 11.7 Å². The van der Waals surface area contributed by atoms with Gasteiger partial charge in [0.05, 0.1) is 11.9 Å². The molecule has 0 atom stereocenters. The van der Waals surface area contributed by atoms with Crippen LogP contribution in [0.5, 0.6) is 0 Å². The molecule has 0 radical (unpaired) electrons. The standard InChI is InChI=1S/C12H16F3N3/c1-18-6-4-9(5-7-18)17-10-2-3-11(16-8-10)12(13,14)15/h2-3,8-9,17H,4-7H2,1H3. The van der Waals surface area contributed by atoms with Crippen LogP contribution in [0.4, 0.5) is 18.9 Å². The second kappa shape index (κ2) is 5.14. The zero-order chi connectivity index (χ0) is 13.2. The number of piperidine rings is 1. The summed E-state index contributed by atoms with van der Waals surface area (Å²) in [5.74, 6) is 0. The van der Waals surface area contributed by atoms with Gasteiger partial charge >= 0.3 is 6.18 Å². The average Bonchev–Trinajstić information content (AvgIpc) is 2.32. The summed E-state index contributed by atoms with van der Waals surface area (Å²) in [5.41, 5.74) is -0.200. The van der Waals surface area contributed by atoms with Crippen molar-refractivity contribution in [3.8, 4) is 0 Å². The molecule has 1 N–H and O–H groups in total. The van der Waals surface area contributed by atoms with Crippen molar-refractivity contribution < 1.29 is 13.2 Å². The Hall–Kier alpha value is -1.30. The van der Waals surface area contributed by atoms with E-state index < -0.39 is 11.9 Å². The summed E-state index contributed by atoms with van der Waals surface area (Å²) in [5, 5.41) is 3.22. The Kier molecular flexibility index (Phi) is 3.75.